The van der Waals surface area contributed by atoms with Crippen molar-refractivity contribution in [2.45, 2.75) is 13.0 Å². The molecule has 3 aromatic rings. The summed E-state index contributed by atoms with van der Waals surface area (Å²) >= 11 is 0. The zero-order valence-corrected chi connectivity index (χ0v) is 15.0. The average Bonchev–Trinajstić information content (AvgIpc) is 3.28. The van der Waals surface area contributed by atoms with E-state index in [1.165, 1.54) is 17.7 Å². The molecule has 2 aromatic heterocycles. The molecule has 0 amide bonds. The number of aryl methyl sites for hydroxylation is 1. The molecule has 0 aliphatic heterocycles. The van der Waals surface area contributed by atoms with Gasteiger partial charge in [0, 0.05) is 52.2 Å². The van der Waals surface area contributed by atoms with Gasteiger partial charge in [-0.3, -0.25) is 4.99 Å². The van der Waals surface area contributed by atoms with Gasteiger partial charge >= 0.3 is 0 Å². The summed E-state index contributed by atoms with van der Waals surface area (Å²) in [5.41, 5.74) is 3.00. The third kappa shape index (κ3) is 4.72. The Hall–Kier alpha value is -3.09. The summed E-state index contributed by atoms with van der Waals surface area (Å²) in [6.45, 7) is 1.44. The third-order valence-corrected chi connectivity index (χ3v) is 3.99. The fraction of sp³-hybridized carbons (Fsp3) is 0.263. The molecule has 7 heteroatoms. The van der Waals surface area contributed by atoms with Gasteiger partial charge in [0.05, 0.1) is 11.4 Å². The van der Waals surface area contributed by atoms with Crippen LogP contribution < -0.4 is 10.6 Å². The van der Waals surface area contributed by atoms with Crippen molar-refractivity contribution in [1.82, 2.24) is 25.0 Å². The lowest BCUT2D eigenvalue weighted by Gasteiger charge is -2.10. The van der Waals surface area contributed by atoms with Crippen LogP contribution in [0.3, 0.4) is 0 Å². The minimum absolute atomic E-state index is 0.250. The number of halogens is 1. The highest BCUT2D eigenvalue weighted by atomic mass is 19.1. The van der Waals surface area contributed by atoms with E-state index in [1.54, 1.807) is 23.9 Å². The highest BCUT2D eigenvalue weighted by molar-refractivity contribution is 5.79. The number of nitrogens with zero attached hydrogens (tertiary/aromatic N) is 4. The zero-order chi connectivity index (χ0) is 18.4. The maximum Gasteiger partial charge on any atom is 0.191 e. The predicted molar refractivity (Wildman–Crippen MR) is 101 cm³/mol. The van der Waals surface area contributed by atoms with E-state index in [9.17, 15) is 4.39 Å². The molecule has 0 aliphatic rings. The number of aromatic nitrogens is 3. The van der Waals surface area contributed by atoms with Crippen LogP contribution in [0, 0.1) is 5.82 Å². The van der Waals surface area contributed by atoms with Crippen LogP contribution in [-0.2, 0) is 20.0 Å². The maximum absolute atomic E-state index is 13.0. The molecular formula is C19H23FN6. The molecule has 3 rings (SSSR count). The van der Waals surface area contributed by atoms with Gasteiger partial charge in [0.2, 0.25) is 0 Å². The first-order chi connectivity index (χ1) is 12.6. The maximum atomic E-state index is 13.0. The van der Waals surface area contributed by atoms with Gasteiger partial charge in [-0.2, -0.15) is 5.10 Å². The Kier molecular flexibility index (Phi) is 5.68. The normalized spacial score (nSPS) is 11.6. The van der Waals surface area contributed by atoms with Crippen molar-refractivity contribution in [2.75, 3.05) is 13.6 Å². The molecule has 0 saturated heterocycles. The fourth-order valence-corrected chi connectivity index (χ4v) is 2.61. The fourth-order valence-electron chi connectivity index (χ4n) is 2.61. The second-order valence-corrected chi connectivity index (χ2v) is 6.02. The van der Waals surface area contributed by atoms with Crippen LogP contribution in [0.15, 0.2) is 60.0 Å². The summed E-state index contributed by atoms with van der Waals surface area (Å²) in [4.78, 5) is 4.23. The zero-order valence-electron chi connectivity index (χ0n) is 15.0. The number of nitrogens with one attached hydrogen (secondary N) is 2. The summed E-state index contributed by atoms with van der Waals surface area (Å²) in [6, 6.07) is 10.3. The number of guanidine groups is 1. The molecule has 0 saturated carbocycles. The third-order valence-electron chi connectivity index (χ3n) is 3.99. The smallest absolute Gasteiger partial charge is 0.191 e. The lowest BCUT2D eigenvalue weighted by molar-refractivity contribution is 0.627. The van der Waals surface area contributed by atoms with Gasteiger partial charge in [0.25, 0.3) is 0 Å². The van der Waals surface area contributed by atoms with E-state index in [0.29, 0.717) is 0 Å². The molecule has 1 aromatic carbocycles. The van der Waals surface area contributed by atoms with E-state index >= 15 is 0 Å². The molecule has 0 fully saturated rings. The standard InChI is InChI=1S/C19H23FN6/c1-21-19(23-13-15-8-11-25(2)14-15)22-10-7-17-9-12-26(24-17)18-5-3-16(20)4-6-18/h3-6,8-9,11-12,14H,7,10,13H2,1-2H3,(H2,21,22,23). The second-order valence-electron chi connectivity index (χ2n) is 6.02. The lowest BCUT2D eigenvalue weighted by atomic mass is 10.3. The first-order valence-electron chi connectivity index (χ1n) is 8.50. The van der Waals surface area contributed by atoms with E-state index in [-0.39, 0.29) is 5.82 Å². The summed E-state index contributed by atoms with van der Waals surface area (Å²) in [5, 5.41) is 11.1. The largest absolute Gasteiger partial charge is 0.357 e. The number of hydrogen-bond acceptors (Lipinski definition) is 2. The van der Waals surface area contributed by atoms with Crippen molar-refractivity contribution < 1.29 is 4.39 Å². The van der Waals surface area contributed by atoms with E-state index < -0.39 is 0 Å². The number of aliphatic imine (C=N–C) groups is 1. The van der Waals surface area contributed by atoms with Crippen LogP contribution in [0.25, 0.3) is 5.69 Å². The second kappa shape index (κ2) is 8.33. The van der Waals surface area contributed by atoms with Gasteiger partial charge in [-0.1, -0.05) is 0 Å². The van der Waals surface area contributed by atoms with Crippen LogP contribution in [0.4, 0.5) is 4.39 Å². The Morgan fingerprint density at radius 2 is 1.92 bits per heavy atom. The van der Waals surface area contributed by atoms with E-state index in [4.69, 9.17) is 0 Å². The Bertz CT molecular complexity index is 862. The minimum atomic E-state index is -0.250. The number of hydrogen-bond donors (Lipinski definition) is 2. The van der Waals surface area contributed by atoms with Crippen LogP contribution >= 0.6 is 0 Å². The predicted octanol–water partition coefficient (Wildman–Crippen LogP) is 2.26. The van der Waals surface area contributed by atoms with Gasteiger partial charge < -0.3 is 15.2 Å². The molecule has 136 valence electrons. The molecule has 2 heterocycles. The summed E-state index contributed by atoms with van der Waals surface area (Å²) in [7, 11) is 3.76. The van der Waals surface area contributed by atoms with E-state index in [0.717, 1.165) is 36.9 Å². The SMILES string of the molecule is CN=C(NCCc1ccn(-c2ccc(F)cc2)n1)NCc1ccn(C)c1. The Labute approximate surface area is 152 Å². The van der Waals surface area contributed by atoms with Gasteiger partial charge in [-0.25, -0.2) is 9.07 Å². The summed E-state index contributed by atoms with van der Waals surface area (Å²) in [5.74, 6) is 0.506. The highest BCUT2D eigenvalue weighted by Crippen LogP contribution is 2.09. The van der Waals surface area contributed by atoms with Gasteiger partial charge in [-0.15, -0.1) is 0 Å². The Morgan fingerprint density at radius 3 is 2.62 bits per heavy atom. The van der Waals surface area contributed by atoms with Crippen LogP contribution in [-0.4, -0.2) is 33.9 Å². The molecule has 2 N–H and O–H groups in total. The average molecular weight is 354 g/mol. The van der Waals surface area contributed by atoms with E-state index in [2.05, 4.69) is 33.0 Å². The lowest BCUT2D eigenvalue weighted by Crippen LogP contribution is -2.37. The molecule has 0 radical (unpaired) electrons. The highest BCUT2D eigenvalue weighted by Gasteiger charge is 2.03. The van der Waals surface area contributed by atoms with Crippen molar-refractivity contribution in [3.63, 3.8) is 0 Å². The van der Waals surface area contributed by atoms with Gasteiger partial charge in [0.1, 0.15) is 5.82 Å². The quantitative estimate of drug-likeness (QED) is 0.527. The summed E-state index contributed by atoms with van der Waals surface area (Å²) in [6.07, 6.45) is 6.73. The van der Waals surface area contributed by atoms with Crippen LogP contribution in [0.2, 0.25) is 0 Å². The topological polar surface area (TPSA) is 59.2 Å². The van der Waals surface area contributed by atoms with Crippen LogP contribution in [0.1, 0.15) is 11.3 Å². The molecule has 0 aliphatic carbocycles. The van der Waals surface area contributed by atoms with Crippen molar-refractivity contribution >= 4 is 5.96 Å². The molecule has 0 atom stereocenters. The first-order valence-corrected chi connectivity index (χ1v) is 8.50. The monoisotopic (exact) mass is 354 g/mol. The van der Waals surface area contributed by atoms with E-state index in [1.807, 2.05) is 30.1 Å². The molecule has 0 unspecified atom stereocenters. The number of benzene rings is 1. The Balaban J connectivity index is 1.47. The Morgan fingerprint density at radius 1 is 1.12 bits per heavy atom. The van der Waals surface area contributed by atoms with Crippen molar-refractivity contribution in [3.05, 3.63) is 72.1 Å². The summed E-state index contributed by atoms with van der Waals surface area (Å²) < 4.78 is 16.8. The van der Waals surface area contributed by atoms with Crippen molar-refractivity contribution in [3.8, 4) is 5.69 Å². The molecule has 26 heavy (non-hydrogen) atoms. The molecule has 0 bridgehead atoms. The first kappa shape index (κ1) is 17.7. The minimum Gasteiger partial charge on any atom is -0.357 e. The number of rotatable bonds is 6. The molecule has 0 spiro atoms. The molecular weight excluding hydrogens is 331 g/mol. The van der Waals surface area contributed by atoms with Crippen molar-refractivity contribution in [2.24, 2.45) is 12.0 Å². The van der Waals surface area contributed by atoms with Crippen LogP contribution in [0.5, 0.6) is 0 Å². The van der Waals surface area contributed by atoms with Gasteiger partial charge in [0.15, 0.2) is 5.96 Å². The van der Waals surface area contributed by atoms with Crippen molar-refractivity contribution in [1.29, 1.82) is 0 Å². The van der Waals surface area contributed by atoms with Gasteiger partial charge in [-0.05, 0) is 42.0 Å². The molecule has 6 nitrogen and oxygen atoms in total.